The molecule has 0 radical (unpaired) electrons. The van der Waals surface area contributed by atoms with Crippen molar-refractivity contribution in [3.05, 3.63) is 155 Å². The minimum absolute atomic E-state index is 0.0268. The van der Waals surface area contributed by atoms with Crippen molar-refractivity contribution in [1.82, 2.24) is 10.2 Å². The highest BCUT2D eigenvalue weighted by Gasteiger charge is 2.34. The van der Waals surface area contributed by atoms with Crippen molar-refractivity contribution >= 4 is 23.2 Å². The molecule has 6 rings (SSSR count). The second-order valence-corrected chi connectivity index (χ2v) is 14.8. The number of rotatable bonds is 17. The quantitative estimate of drug-likeness (QED) is 0.0475. The number of aliphatic hydroxyl groups is 2. The topological polar surface area (TPSA) is 146 Å². The molecule has 5 atom stereocenters. The van der Waals surface area contributed by atoms with Crippen LogP contribution in [0, 0.1) is 0 Å². The summed E-state index contributed by atoms with van der Waals surface area (Å²) in [5, 5.41) is 26.6. The number of unbranched alkanes of at least 4 members (excludes halogenated alkanes) is 1. The zero-order valence-corrected chi connectivity index (χ0v) is 32.7. The maximum absolute atomic E-state index is 12.7. The third-order valence-electron chi connectivity index (χ3n) is 10.6. The summed E-state index contributed by atoms with van der Waals surface area (Å²) in [5.74, 6) is -0.187. The van der Waals surface area contributed by atoms with Gasteiger partial charge in [-0.1, -0.05) is 103 Å². The van der Waals surface area contributed by atoms with Crippen molar-refractivity contribution in [2.45, 2.75) is 82.8 Å². The monoisotopic (exact) mass is 770 g/mol. The smallest absolute Gasteiger partial charge is 0.224 e. The van der Waals surface area contributed by atoms with Gasteiger partial charge in [0.1, 0.15) is 0 Å². The molecule has 5 aromatic carbocycles. The van der Waals surface area contributed by atoms with E-state index >= 15 is 0 Å². The van der Waals surface area contributed by atoms with Gasteiger partial charge in [0.05, 0.1) is 36.3 Å². The van der Waals surface area contributed by atoms with Crippen molar-refractivity contribution < 1.29 is 29.3 Å². The van der Waals surface area contributed by atoms with Crippen LogP contribution in [0.3, 0.4) is 0 Å². The van der Waals surface area contributed by atoms with Gasteiger partial charge in [0.15, 0.2) is 6.29 Å². The molecule has 0 aromatic heterocycles. The van der Waals surface area contributed by atoms with E-state index < -0.39 is 12.4 Å². The number of carbonyl (C=O) groups excluding carboxylic acids is 2. The van der Waals surface area contributed by atoms with Crippen molar-refractivity contribution in [1.29, 1.82) is 0 Å². The molecule has 1 fully saturated rings. The number of anilines is 2. The van der Waals surface area contributed by atoms with E-state index in [4.69, 9.17) is 15.2 Å². The number of aliphatic hydroxyl groups excluding tert-OH is 2. The lowest BCUT2D eigenvalue weighted by molar-refractivity contribution is -0.253. The van der Waals surface area contributed by atoms with Crippen LogP contribution in [-0.4, -0.2) is 52.7 Å². The van der Waals surface area contributed by atoms with Crippen molar-refractivity contribution in [2.75, 3.05) is 24.6 Å². The SMILES string of the molecule is C[C@@H]([C@H](O)c1ccccc1)N(C)C[C@@H]1C[C@H](c2ccc(CO)cc2)O[C@H](c2cccc(-c3cccc(CNC(=O)CCCCC(=O)Nc4ccccc4N)c3)c2)O1. The Balaban J connectivity index is 1.07. The van der Waals surface area contributed by atoms with Gasteiger partial charge in [-0.2, -0.15) is 0 Å². The number of para-hydroxylation sites is 2. The second-order valence-electron chi connectivity index (χ2n) is 14.8. The molecule has 0 unspecified atom stereocenters. The fourth-order valence-corrected chi connectivity index (χ4v) is 7.10. The number of hydrogen-bond donors (Lipinski definition) is 5. The maximum Gasteiger partial charge on any atom is 0.224 e. The lowest BCUT2D eigenvalue weighted by Crippen LogP contribution is -2.43. The Kier molecular flexibility index (Phi) is 14.6. The van der Waals surface area contributed by atoms with Gasteiger partial charge in [0.2, 0.25) is 11.8 Å². The lowest BCUT2D eigenvalue weighted by Gasteiger charge is -2.39. The molecule has 0 saturated carbocycles. The molecule has 0 aliphatic carbocycles. The van der Waals surface area contributed by atoms with Crippen LogP contribution in [0.5, 0.6) is 0 Å². The Morgan fingerprint density at radius 1 is 0.789 bits per heavy atom. The van der Waals surface area contributed by atoms with Gasteiger partial charge < -0.3 is 36.1 Å². The van der Waals surface area contributed by atoms with Gasteiger partial charge in [-0.05, 0) is 84.5 Å². The van der Waals surface area contributed by atoms with Crippen LogP contribution >= 0.6 is 0 Å². The minimum Gasteiger partial charge on any atom is -0.397 e. The van der Waals surface area contributed by atoms with E-state index in [-0.39, 0.29) is 36.7 Å². The zero-order chi connectivity index (χ0) is 40.1. The molecule has 10 nitrogen and oxygen atoms in total. The molecule has 298 valence electrons. The molecule has 2 amide bonds. The van der Waals surface area contributed by atoms with Gasteiger partial charge in [-0.25, -0.2) is 0 Å². The Morgan fingerprint density at radius 2 is 1.47 bits per heavy atom. The summed E-state index contributed by atoms with van der Waals surface area (Å²) in [4.78, 5) is 27.1. The normalized spacial score (nSPS) is 17.8. The zero-order valence-electron chi connectivity index (χ0n) is 32.7. The third-order valence-corrected chi connectivity index (χ3v) is 10.6. The lowest BCUT2D eigenvalue weighted by atomic mass is 9.97. The fourth-order valence-electron chi connectivity index (χ4n) is 7.10. The number of benzene rings is 5. The summed E-state index contributed by atoms with van der Waals surface area (Å²) in [6.45, 7) is 2.97. The van der Waals surface area contributed by atoms with Crippen LogP contribution in [0.15, 0.2) is 127 Å². The molecule has 5 aromatic rings. The fraction of sp³-hybridized carbons (Fsp3) is 0.319. The Labute approximate surface area is 335 Å². The standard InChI is InChI=1S/C47H54N4O6/c1-32(46(55)36-13-4-3-5-14-36)51(2)30-40-28-43(35-24-22-33(31-52)23-25-35)57-47(56-40)39-17-11-16-38(27-39)37-15-10-12-34(26-37)29-49-44(53)20-8-9-21-45(54)50-42-19-7-6-18-41(42)48/h3-7,10-19,22-27,32,40,43,46-47,52,55H,8-9,20-21,28-31,48H2,1-2H3,(H,49,53)(H,50,54)/t32-,40-,43+,46-,47+/m0/s1. The third kappa shape index (κ3) is 11.6. The molecule has 10 heteroatoms. The Bertz CT molecular complexity index is 2060. The summed E-state index contributed by atoms with van der Waals surface area (Å²) in [6.07, 6.45) is 0.737. The first kappa shape index (κ1) is 41.3. The molecule has 6 N–H and O–H groups in total. The van der Waals surface area contributed by atoms with Crippen LogP contribution in [0.1, 0.15) is 85.3 Å². The van der Waals surface area contributed by atoms with Gasteiger partial charge in [-0.3, -0.25) is 14.5 Å². The summed E-state index contributed by atoms with van der Waals surface area (Å²) >= 11 is 0. The van der Waals surface area contributed by atoms with E-state index in [1.807, 2.05) is 111 Å². The van der Waals surface area contributed by atoms with Crippen LogP contribution < -0.4 is 16.4 Å². The molecule has 1 heterocycles. The van der Waals surface area contributed by atoms with Gasteiger partial charge in [0, 0.05) is 44.0 Å². The van der Waals surface area contributed by atoms with Crippen molar-refractivity contribution in [3.63, 3.8) is 0 Å². The van der Waals surface area contributed by atoms with E-state index in [0.717, 1.165) is 38.9 Å². The Morgan fingerprint density at radius 3 is 2.21 bits per heavy atom. The second kappa shape index (κ2) is 20.2. The summed E-state index contributed by atoms with van der Waals surface area (Å²) < 4.78 is 13.3. The van der Waals surface area contributed by atoms with Crippen molar-refractivity contribution in [3.8, 4) is 11.1 Å². The van der Waals surface area contributed by atoms with E-state index in [2.05, 4.69) is 33.7 Å². The number of carbonyl (C=O) groups is 2. The number of nitrogen functional groups attached to an aromatic ring is 1. The summed E-state index contributed by atoms with van der Waals surface area (Å²) in [5.41, 5.74) is 13.6. The first-order valence-corrected chi connectivity index (χ1v) is 19.7. The molecule has 57 heavy (non-hydrogen) atoms. The highest BCUT2D eigenvalue weighted by Crippen LogP contribution is 2.39. The molecule has 0 bridgehead atoms. The number of amides is 2. The average molecular weight is 771 g/mol. The maximum atomic E-state index is 12.7. The Hall–Kier alpha value is -5.36. The molecule has 1 aliphatic heterocycles. The minimum atomic E-state index is -0.652. The van der Waals surface area contributed by atoms with Crippen LogP contribution in [0.4, 0.5) is 11.4 Å². The van der Waals surface area contributed by atoms with E-state index in [1.54, 1.807) is 12.1 Å². The van der Waals surface area contributed by atoms with Gasteiger partial charge in [0.25, 0.3) is 0 Å². The summed E-state index contributed by atoms with van der Waals surface area (Å²) in [7, 11) is 2.01. The number of ether oxygens (including phenoxy) is 2. The molecule has 0 spiro atoms. The largest absolute Gasteiger partial charge is 0.397 e. The van der Waals surface area contributed by atoms with E-state index in [0.29, 0.717) is 56.6 Å². The molecular formula is C47H54N4O6. The molecular weight excluding hydrogens is 717 g/mol. The van der Waals surface area contributed by atoms with Crippen LogP contribution in [0.25, 0.3) is 11.1 Å². The highest BCUT2D eigenvalue weighted by atomic mass is 16.7. The van der Waals surface area contributed by atoms with E-state index in [9.17, 15) is 19.8 Å². The number of nitrogens with two attached hydrogens (primary N) is 1. The van der Waals surface area contributed by atoms with Gasteiger partial charge >= 0.3 is 0 Å². The predicted octanol–water partition coefficient (Wildman–Crippen LogP) is 7.84. The number of likely N-dealkylation sites (N-methyl/N-ethyl adjacent to an activating group) is 1. The van der Waals surface area contributed by atoms with Crippen molar-refractivity contribution in [2.24, 2.45) is 0 Å². The first-order chi connectivity index (χ1) is 27.7. The molecule has 1 saturated heterocycles. The number of nitrogens with one attached hydrogen (secondary N) is 2. The van der Waals surface area contributed by atoms with Gasteiger partial charge in [-0.15, -0.1) is 0 Å². The van der Waals surface area contributed by atoms with E-state index in [1.165, 1.54) is 0 Å². The predicted molar refractivity (Wildman–Crippen MR) is 224 cm³/mol. The molecule has 1 aliphatic rings. The number of nitrogens with zero attached hydrogens (tertiary/aromatic N) is 1. The van der Waals surface area contributed by atoms with Crippen LogP contribution in [-0.2, 0) is 32.2 Å². The summed E-state index contributed by atoms with van der Waals surface area (Å²) in [6, 6.07) is 40.8. The number of hydrogen-bond acceptors (Lipinski definition) is 8. The highest BCUT2D eigenvalue weighted by molar-refractivity contribution is 5.93. The average Bonchev–Trinajstić information content (AvgIpc) is 3.25. The van der Waals surface area contributed by atoms with Crippen LogP contribution in [0.2, 0.25) is 0 Å². The first-order valence-electron chi connectivity index (χ1n) is 19.7.